The second-order valence-corrected chi connectivity index (χ2v) is 8.44. The third kappa shape index (κ3) is 2.80. The van der Waals surface area contributed by atoms with Gasteiger partial charge in [0.15, 0.2) is 0 Å². The largest absolute Gasteiger partial charge is 0.373 e. The van der Waals surface area contributed by atoms with Crippen molar-refractivity contribution in [1.82, 2.24) is 24.1 Å². The Hall–Kier alpha value is -2.03. The molecule has 1 atom stereocenters. The van der Waals surface area contributed by atoms with Crippen LogP contribution in [0, 0.1) is 6.92 Å². The molecule has 6 nitrogen and oxygen atoms in total. The van der Waals surface area contributed by atoms with Crippen LogP contribution < -0.4 is 0 Å². The summed E-state index contributed by atoms with van der Waals surface area (Å²) in [5.41, 5.74) is 0.994. The SMILES string of the molecule is Cc1nn2cc(Cn3ccnc3-c3ccc(C4CCCO4)s3)nc2s1. The molecule has 0 aliphatic carbocycles. The van der Waals surface area contributed by atoms with Crippen molar-refractivity contribution in [1.29, 1.82) is 0 Å². The number of thiophene rings is 1. The van der Waals surface area contributed by atoms with E-state index in [1.807, 2.05) is 30.0 Å². The third-order valence-corrected chi connectivity index (χ3v) is 6.35. The number of rotatable bonds is 4. The van der Waals surface area contributed by atoms with Gasteiger partial charge in [-0.05, 0) is 31.9 Å². The minimum absolute atomic E-state index is 0.261. The van der Waals surface area contributed by atoms with E-state index in [2.05, 4.69) is 31.8 Å². The van der Waals surface area contributed by atoms with Crippen LogP contribution in [0.1, 0.15) is 34.5 Å². The lowest BCUT2D eigenvalue weighted by atomic mass is 10.2. The molecule has 1 saturated heterocycles. The van der Waals surface area contributed by atoms with Crippen LogP contribution in [0.15, 0.2) is 30.7 Å². The number of nitrogens with zero attached hydrogens (tertiary/aromatic N) is 5. The molecule has 0 radical (unpaired) electrons. The number of imidazole rings is 2. The van der Waals surface area contributed by atoms with Crippen molar-refractivity contribution in [3.05, 3.63) is 46.3 Å². The number of fused-ring (bicyclic) bond motifs is 1. The molecule has 0 bridgehead atoms. The van der Waals surface area contributed by atoms with Crippen molar-refractivity contribution in [2.75, 3.05) is 6.61 Å². The molecule has 0 N–H and O–H groups in total. The van der Waals surface area contributed by atoms with Crippen molar-refractivity contribution >= 4 is 27.6 Å². The molecule has 5 rings (SSSR count). The van der Waals surface area contributed by atoms with E-state index in [1.165, 1.54) is 9.75 Å². The second kappa shape index (κ2) is 6.05. The van der Waals surface area contributed by atoms with Crippen LogP contribution in [-0.2, 0) is 11.3 Å². The normalized spacial score (nSPS) is 17.7. The molecule has 1 fully saturated rings. The fourth-order valence-electron chi connectivity index (χ4n) is 3.21. The summed E-state index contributed by atoms with van der Waals surface area (Å²) in [6, 6.07) is 4.32. The zero-order chi connectivity index (χ0) is 16.8. The van der Waals surface area contributed by atoms with Gasteiger partial charge in [-0.1, -0.05) is 11.3 Å². The number of hydrogen-bond donors (Lipinski definition) is 0. The van der Waals surface area contributed by atoms with Gasteiger partial charge in [0.2, 0.25) is 4.96 Å². The summed E-state index contributed by atoms with van der Waals surface area (Å²) >= 11 is 3.38. The van der Waals surface area contributed by atoms with E-state index in [0.717, 1.165) is 40.9 Å². The first kappa shape index (κ1) is 15.2. The molecule has 1 aliphatic heterocycles. The second-order valence-electron chi connectivity index (χ2n) is 6.16. The quantitative estimate of drug-likeness (QED) is 0.545. The van der Waals surface area contributed by atoms with Crippen LogP contribution in [-0.4, -0.2) is 30.8 Å². The minimum atomic E-state index is 0.261. The lowest BCUT2D eigenvalue weighted by Gasteiger charge is -2.06. The smallest absolute Gasteiger partial charge is 0.212 e. The molecule has 1 unspecified atom stereocenters. The molecule has 8 heteroatoms. The van der Waals surface area contributed by atoms with E-state index in [-0.39, 0.29) is 6.10 Å². The van der Waals surface area contributed by atoms with Crippen LogP contribution >= 0.6 is 22.7 Å². The number of ether oxygens (including phenoxy) is 1. The van der Waals surface area contributed by atoms with Crippen molar-refractivity contribution in [2.24, 2.45) is 0 Å². The van der Waals surface area contributed by atoms with E-state index >= 15 is 0 Å². The predicted molar refractivity (Wildman–Crippen MR) is 98.2 cm³/mol. The van der Waals surface area contributed by atoms with Gasteiger partial charge in [0, 0.05) is 23.9 Å². The van der Waals surface area contributed by atoms with E-state index in [1.54, 1.807) is 22.7 Å². The van der Waals surface area contributed by atoms with Crippen LogP contribution in [0.5, 0.6) is 0 Å². The van der Waals surface area contributed by atoms with Crippen LogP contribution in [0.2, 0.25) is 0 Å². The fraction of sp³-hybridized carbons (Fsp3) is 0.353. The Balaban J connectivity index is 1.42. The molecule has 128 valence electrons. The van der Waals surface area contributed by atoms with Gasteiger partial charge >= 0.3 is 0 Å². The summed E-state index contributed by atoms with van der Waals surface area (Å²) in [6.07, 6.45) is 8.38. The van der Waals surface area contributed by atoms with Gasteiger partial charge in [-0.2, -0.15) is 5.10 Å². The van der Waals surface area contributed by atoms with Gasteiger partial charge in [0.05, 0.1) is 29.4 Å². The monoisotopic (exact) mass is 371 g/mol. The Morgan fingerprint density at radius 3 is 3.12 bits per heavy atom. The topological polar surface area (TPSA) is 57.2 Å². The summed E-state index contributed by atoms with van der Waals surface area (Å²) in [4.78, 5) is 12.6. The molecule has 0 saturated carbocycles. The first-order valence-corrected chi connectivity index (χ1v) is 9.94. The first-order valence-electron chi connectivity index (χ1n) is 8.31. The zero-order valence-electron chi connectivity index (χ0n) is 13.8. The van der Waals surface area contributed by atoms with E-state index < -0.39 is 0 Å². The molecule has 5 heterocycles. The summed E-state index contributed by atoms with van der Waals surface area (Å²) in [5, 5.41) is 5.45. The number of aromatic nitrogens is 5. The number of aryl methyl sites for hydroxylation is 1. The predicted octanol–water partition coefficient (Wildman–Crippen LogP) is 3.92. The highest BCUT2D eigenvalue weighted by Crippen LogP contribution is 2.36. The Morgan fingerprint density at radius 2 is 2.28 bits per heavy atom. The number of hydrogen-bond acceptors (Lipinski definition) is 6. The molecule has 0 amide bonds. The fourth-order valence-corrected chi connectivity index (χ4v) is 5.05. The maximum Gasteiger partial charge on any atom is 0.212 e. The van der Waals surface area contributed by atoms with Gasteiger partial charge in [0.25, 0.3) is 0 Å². The summed E-state index contributed by atoms with van der Waals surface area (Å²) in [7, 11) is 0. The standard InChI is InChI=1S/C17H17N5OS2/c1-11-20-22-10-12(19-17(22)24-11)9-21-7-6-18-16(21)15-5-4-14(25-15)13-3-2-8-23-13/h4-7,10,13H,2-3,8-9H2,1H3. The van der Waals surface area contributed by atoms with E-state index in [9.17, 15) is 0 Å². The third-order valence-electron chi connectivity index (χ3n) is 4.34. The lowest BCUT2D eigenvalue weighted by molar-refractivity contribution is 0.114. The Kier molecular flexibility index (Phi) is 3.69. The Labute approximate surface area is 152 Å². The lowest BCUT2D eigenvalue weighted by Crippen LogP contribution is -2.00. The zero-order valence-corrected chi connectivity index (χ0v) is 15.4. The summed E-state index contributed by atoms with van der Waals surface area (Å²) in [6.45, 7) is 3.56. The van der Waals surface area contributed by atoms with Crippen LogP contribution in [0.25, 0.3) is 15.7 Å². The van der Waals surface area contributed by atoms with E-state index in [4.69, 9.17) is 4.74 Å². The molecule has 4 aromatic heterocycles. The maximum atomic E-state index is 5.79. The van der Waals surface area contributed by atoms with Gasteiger partial charge in [-0.15, -0.1) is 11.3 Å². The first-order chi connectivity index (χ1) is 12.3. The maximum absolute atomic E-state index is 5.79. The summed E-state index contributed by atoms with van der Waals surface area (Å²) in [5.74, 6) is 0.981. The molecular weight excluding hydrogens is 354 g/mol. The summed E-state index contributed by atoms with van der Waals surface area (Å²) < 4.78 is 9.79. The Bertz CT molecular complexity index is 990. The van der Waals surface area contributed by atoms with Crippen molar-refractivity contribution < 1.29 is 4.74 Å². The minimum Gasteiger partial charge on any atom is -0.373 e. The van der Waals surface area contributed by atoms with Gasteiger partial charge in [-0.25, -0.2) is 14.5 Å². The molecular formula is C17H17N5OS2. The highest BCUT2D eigenvalue weighted by molar-refractivity contribution is 7.16. The van der Waals surface area contributed by atoms with E-state index in [0.29, 0.717) is 6.54 Å². The van der Waals surface area contributed by atoms with Crippen molar-refractivity contribution in [3.8, 4) is 10.7 Å². The van der Waals surface area contributed by atoms with Crippen LogP contribution in [0.4, 0.5) is 0 Å². The van der Waals surface area contributed by atoms with Crippen molar-refractivity contribution in [3.63, 3.8) is 0 Å². The highest BCUT2D eigenvalue weighted by atomic mass is 32.1. The van der Waals surface area contributed by atoms with Crippen LogP contribution in [0.3, 0.4) is 0 Å². The van der Waals surface area contributed by atoms with Crippen molar-refractivity contribution in [2.45, 2.75) is 32.4 Å². The molecule has 25 heavy (non-hydrogen) atoms. The Morgan fingerprint density at radius 1 is 1.32 bits per heavy atom. The average Bonchev–Trinajstić information content (AvgIpc) is 3.36. The average molecular weight is 371 g/mol. The molecule has 0 spiro atoms. The molecule has 0 aromatic carbocycles. The molecule has 4 aromatic rings. The highest BCUT2D eigenvalue weighted by Gasteiger charge is 2.20. The van der Waals surface area contributed by atoms with Gasteiger partial charge in [0.1, 0.15) is 10.8 Å². The van der Waals surface area contributed by atoms with Gasteiger partial charge in [-0.3, -0.25) is 0 Å². The molecule has 1 aliphatic rings. The van der Waals surface area contributed by atoms with Gasteiger partial charge < -0.3 is 9.30 Å².